The molecule has 0 spiro atoms. The van der Waals surface area contributed by atoms with E-state index in [0.717, 1.165) is 35.3 Å². The zero-order chi connectivity index (χ0) is 15.1. The summed E-state index contributed by atoms with van der Waals surface area (Å²) in [6.45, 7) is 0. The number of amides is 1. The number of rotatable bonds is 4. The molecule has 0 aromatic carbocycles. The molecule has 110 valence electrons. The van der Waals surface area contributed by atoms with Crippen LogP contribution in [-0.4, -0.2) is 21.6 Å². The molecule has 3 aromatic heterocycles. The van der Waals surface area contributed by atoms with E-state index < -0.39 is 0 Å². The lowest BCUT2D eigenvalue weighted by molar-refractivity contribution is -0.117. The number of nitrogens with one attached hydrogen (secondary N) is 1. The molecule has 1 aliphatic carbocycles. The second-order valence-electron chi connectivity index (χ2n) is 5.35. The van der Waals surface area contributed by atoms with Gasteiger partial charge in [-0.3, -0.25) is 14.0 Å². The zero-order valence-corrected chi connectivity index (χ0v) is 12.5. The fraction of sp³-hybridized carbons (Fsp3) is 0.188. The molecule has 22 heavy (non-hydrogen) atoms. The third-order valence-corrected chi connectivity index (χ3v) is 4.72. The predicted molar refractivity (Wildman–Crippen MR) is 85.2 cm³/mol. The first-order valence-corrected chi connectivity index (χ1v) is 7.90. The Morgan fingerprint density at radius 1 is 1.32 bits per heavy atom. The molecule has 3 aromatic rings. The van der Waals surface area contributed by atoms with Crippen molar-refractivity contribution in [3.8, 4) is 10.6 Å². The van der Waals surface area contributed by atoms with Crippen LogP contribution in [0.5, 0.6) is 0 Å². The Bertz CT molecular complexity index is 877. The van der Waals surface area contributed by atoms with Gasteiger partial charge in [0, 0.05) is 5.92 Å². The Hall–Kier alpha value is -2.47. The van der Waals surface area contributed by atoms with Gasteiger partial charge < -0.3 is 5.32 Å². The van der Waals surface area contributed by atoms with Gasteiger partial charge in [0.25, 0.3) is 0 Å². The van der Waals surface area contributed by atoms with E-state index in [1.807, 2.05) is 34.9 Å². The predicted octanol–water partition coefficient (Wildman–Crippen LogP) is 3.22. The van der Waals surface area contributed by atoms with Crippen molar-refractivity contribution in [2.24, 2.45) is 5.92 Å². The van der Waals surface area contributed by atoms with Crippen LogP contribution < -0.4 is 5.32 Å². The first-order chi connectivity index (χ1) is 10.7. The Kier molecular flexibility index (Phi) is 3.04. The molecule has 0 atom stereocenters. The third kappa shape index (κ3) is 2.31. The van der Waals surface area contributed by atoms with Crippen molar-refractivity contribution in [3.05, 3.63) is 41.4 Å². The van der Waals surface area contributed by atoms with Gasteiger partial charge in [0.1, 0.15) is 5.65 Å². The normalized spacial score (nSPS) is 14.2. The monoisotopic (exact) mass is 311 g/mol. The highest BCUT2D eigenvalue weighted by atomic mass is 32.1. The third-order valence-electron chi connectivity index (χ3n) is 3.69. The lowest BCUT2D eigenvalue weighted by atomic mass is 10.3. The molecular formula is C16H13N3O2S. The smallest absolute Gasteiger partial charge is 0.228 e. The highest BCUT2D eigenvalue weighted by molar-refractivity contribution is 7.17. The van der Waals surface area contributed by atoms with Crippen LogP contribution in [0.25, 0.3) is 16.2 Å². The van der Waals surface area contributed by atoms with Crippen LogP contribution in [0.3, 0.4) is 0 Å². The molecule has 0 saturated heterocycles. The van der Waals surface area contributed by atoms with E-state index in [0.29, 0.717) is 10.7 Å². The topological polar surface area (TPSA) is 63.5 Å². The minimum atomic E-state index is 0.0457. The molecule has 1 aliphatic rings. The number of pyridine rings is 1. The van der Waals surface area contributed by atoms with Crippen molar-refractivity contribution in [3.63, 3.8) is 0 Å². The number of hydrogen-bond acceptors (Lipinski definition) is 4. The van der Waals surface area contributed by atoms with E-state index in [9.17, 15) is 9.59 Å². The summed E-state index contributed by atoms with van der Waals surface area (Å²) in [4.78, 5) is 28.8. The van der Waals surface area contributed by atoms with Gasteiger partial charge in [-0.2, -0.15) is 0 Å². The molecule has 0 bridgehead atoms. The number of imidazole rings is 1. The van der Waals surface area contributed by atoms with Gasteiger partial charge >= 0.3 is 0 Å². The first-order valence-electron chi connectivity index (χ1n) is 7.09. The number of thiophene rings is 1. The molecule has 3 heterocycles. The summed E-state index contributed by atoms with van der Waals surface area (Å²) in [5.74, 6) is 0.762. The summed E-state index contributed by atoms with van der Waals surface area (Å²) in [5.41, 5.74) is 1.72. The van der Waals surface area contributed by atoms with Crippen LogP contribution in [0, 0.1) is 5.92 Å². The van der Waals surface area contributed by atoms with Gasteiger partial charge in [0.05, 0.1) is 21.6 Å². The summed E-state index contributed by atoms with van der Waals surface area (Å²) in [7, 11) is 0. The molecular weight excluding hydrogens is 298 g/mol. The van der Waals surface area contributed by atoms with Gasteiger partial charge in [-0.05, 0) is 37.1 Å². The summed E-state index contributed by atoms with van der Waals surface area (Å²) >= 11 is 1.43. The maximum absolute atomic E-state index is 11.9. The van der Waals surface area contributed by atoms with Gasteiger partial charge in [0.15, 0.2) is 12.1 Å². The number of anilines is 1. The Labute approximate surface area is 130 Å². The van der Waals surface area contributed by atoms with Gasteiger partial charge in [-0.25, -0.2) is 4.98 Å². The van der Waals surface area contributed by atoms with Crippen LogP contribution in [0.4, 0.5) is 5.82 Å². The number of carbonyl (C=O) groups excluding carboxylic acids is 2. The van der Waals surface area contributed by atoms with Crippen LogP contribution >= 0.6 is 11.3 Å². The minimum absolute atomic E-state index is 0.0457. The zero-order valence-electron chi connectivity index (χ0n) is 11.7. The molecule has 1 N–H and O–H groups in total. The van der Waals surface area contributed by atoms with E-state index in [4.69, 9.17) is 0 Å². The second kappa shape index (κ2) is 5.06. The van der Waals surface area contributed by atoms with E-state index in [1.165, 1.54) is 11.3 Å². The Morgan fingerprint density at radius 3 is 2.91 bits per heavy atom. The maximum atomic E-state index is 11.9. The Balaban J connectivity index is 1.73. The van der Waals surface area contributed by atoms with Crippen molar-refractivity contribution in [1.82, 2.24) is 9.38 Å². The molecule has 0 radical (unpaired) electrons. The molecule has 4 rings (SSSR count). The highest BCUT2D eigenvalue weighted by Crippen LogP contribution is 2.31. The standard InChI is InChI=1S/C16H13N3O2S/c20-9-11-6-7-13(22-11)12-2-1-3-15-17-14(8-19(12)15)18-16(21)10-4-5-10/h1-3,6-10H,4-5H2,(H,18,21). The lowest BCUT2D eigenvalue weighted by Crippen LogP contribution is -2.13. The SMILES string of the molecule is O=Cc1ccc(-c2cccc3nc(NC(=O)C4CC4)cn23)s1. The molecule has 5 nitrogen and oxygen atoms in total. The minimum Gasteiger partial charge on any atom is -0.309 e. The number of aldehydes is 1. The van der Waals surface area contributed by atoms with Crippen LogP contribution in [0.1, 0.15) is 22.5 Å². The fourth-order valence-corrected chi connectivity index (χ4v) is 3.24. The fourth-order valence-electron chi connectivity index (χ4n) is 2.40. The van der Waals surface area contributed by atoms with E-state index in [-0.39, 0.29) is 11.8 Å². The average Bonchev–Trinajstić information content (AvgIpc) is 3.13. The van der Waals surface area contributed by atoms with Gasteiger partial charge in [-0.1, -0.05) is 6.07 Å². The van der Waals surface area contributed by atoms with Crippen molar-refractivity contribution in [2.45, 2.75) is 12.8 Å². The van der Waals surface area contributed by atoms with Crippen molar-refractivity contribution in [2.75, 3.05) is 5.32 Å². The maximum Gasteiger partial charge on any atom is 0.228 e. The van der Waals surface area contributed by atoms with Crippen molar-refractivity contribution < 1.29 is 9.59 Å². The lowest BCUT2D eigenvalue weighted by Gasteiger charge is -2.01. The summed E-state index contributed by atoms with van der Waals surface area (Å²) < 4.78 is 1.93. The number of aromatic nitrogens is 2. The van der Waals surface area contributed by atoms with Gasteiger partial charge in [0.2, 0.25) is 5.91 Å². The van der Waals surface area contributed by atoms with E-state index >= 15 is 0 Å². The van der Waals surface area contributed by atoms with E-state index in [1.54, 1.807) is 6.07 Å². The first kappa shape index (κ1) is 13.2. The van der Waals surface area contributed by atoms with E-state index in [2.05, 4.69) is 10.3 Å². The van der Waals surface area contributed by atoms with Gasteiger partial charge in [-0.15, -0.1) is 11.3 Å². The summed E-state index contributed by atoms with van der Waals surface area (Å²) in [6, 6.07) is 9.51. The number of nitrogens with zero attached hydrogens (tertiary/aromatic N) is 2. The number of fused-ring (bicyclic) bond motifs is 1. The molecule has 0 unspecified atom stereocenters. The Morgan fingerprint density at radius 2 is 2.18 bits per heavy atom. The van der Waals surface area contributed by atoms with Crippen LogP contribution in [-0.2, 0) is 4.79 Å². The molecule has 0 aliphatic heterocycles. The molecule has 1 saturated carbocycles. The number of hydrogen-bond donors (Lipinski definition) is 1. The largest absolute Gasteiger partial charge is 0.309 e. The quantitative estimate of drug-likeness (QED) is 0.752. The molecule has 1 fully saturated rings. The average molecular weight is 311 g/mol. The molecule has 1 amide bonds. The van der Waals surface area contributed by atoms with Crippen LogP contribution in [0.15, 0.2) is 36.5 Å². The second-order valence-corrected chi connectivity index (χ2v) is 6.46. The summed E-state index contributed by atoms with van der Waals surface area (Å²) in [5, 5.41) is 2.86. The van der Waals surface area contributed by atoms with Crippen LogP contribution in [0.2, 0.25) is 0 Å². The highest BCUT2D eigenvalue weighted by Gasteiger charge is 2.30. The molecule has 6 heteroatoms. The van der Waals surface area contributed by atoms with Crippen molar-refractivity contribution in [1.29, 1.82) is 0 Å². The summed E-state index contributed by atoms with van der Waals surface area (Å²) in [6.07, 6.45) is 4.61. The number of carbonyl (C=O) groups is 2. The van der Waals surface area contributed by atoms with Crippen molar-refractivity contribution >= 4 is 35.0 Å².